The highest BCUT2D eigenvalue weighted by molar-refractivity contribution is 9.11. The predicted octanol–water partition coefficient (Wildman–Crippen LogP) is 2.63. The number of anilines is 1. The summed E-state index contributed by atoms with van der Waals surface area (Å²) >= 11 is 6.91. The Morgan fingerprint density at radius 2 is 1.87 bits per heavy atom. The first-order chi connectivity index (χ1) is 7.25. The van der Waals surface area contributed by atoms with Gasteiger partial charge in [-0.1, -0.05) is 6.07 Å². The van der Waals surface area contributed by atoms with Gasteiger partial charge >= 0.3 is 0 Å². The number of aliphatic hydroxyl groups excluding tert-OH is 1. The number of nitrogens with one attached hydrogen (secondary N) is 1. The van der Waals surface area contributed by atoms with E-state index in [0.29, 0.717) is 19.8 Å². The highest BCUT2D eigenvalue weighted by Crippen LogP contribution is 2.30. The van der Waals surface area contributed by atoms with Crippen molar-refractivity contribution in [2.24, 2.45) is 0 Å². The molecule has 1 aromatic rings. The van der Waals surface area contributed by atoms with Crippen molar-refractivity contribution in [3.63, 3.8) is 0 Å². The Hall–Kier alpha value is -0.100. The molecule has 0 aliphatic rings. The molecule has 0 bridgehead atoms. The fourth-order valence-electron chi connectivity index (χ4n) is 1.08. The van der Waals surface area contributed by atoms with E-state index in [0.717, 1.165) is 14.6 Å². The summed E-state index contributed by atoms with van der Waals surface area (Å²) < 4.78 is 7.17. The molecule has 0 atom stereocenters. The molecule has 15 heavy (non-hydrogen) atoms. The van der Waals surface area contributed by atoms with Crippen molar-refractivity contribution < 1.29 is 9.84 Å². The Morgan fingerprint density at radius 3 is 2.47 bits per heavy atom. The van der Waals surface area contributed by atoms with Crippen LogP contribution in [0.25, 0.3) is 0 Å². The van der Waals surface area contributed by atoms with Crippen LogP contribution in [0, 0.1) is 0 Å². The van der Waals surface area contributed by atoms with E-state index in [-0.39, 0.29) is 6.61 Å². The maximum atomic E-state index is 8.51. The molecule has 0 radical (unpaired) electrons. The summed E-state index contributed by atoms with van der Waals surface area (Å²) in [5, 5.41) is 11.8. The summed E-state index contributed by atoms with van der Waals surface area (Å²) in [6.45, 7) is 1.74. The van der Waals surface area contributed by atoms with Gasteiger partial charge in [-0.25, -0.2) is 0 Å². The fourth-order valence-corrected chi connectivity index (χ4v) is 2.36. The zero-order chi connectivity index (χ0) is 11.1. The average Bonchev–Trinajstić information content (AvgIpc) is 2.21. The maximum Gasteiger partial charge on any atom is 0.0698 e. The Labute approximate surface area is 106 Å². The second-order valence-electron chi connectivity index (χ2n) is 2.86. The van der Waals surface area contributed by atoms with E-state index in [2.05, 4.69) is 37.2 Å². The lowest BCUT2D eigenvalue weighted by Gasteiger charge is -2.10. The minimum Gasteiger partial charge on any atom is -0.394 e. The predicted molar refractivity (Wildman–Crippen MR) is 68.2 cm³/mol. The van der Waals surface area contributed by atoms with Gasteiger partial charge in [-0.3, -0.25) is 0 Å². The third-order valence-corrected chi connectivity index (χ3v) is 3.07. The monoisotopic (exact) mass is 337 g/mol. The lowest BCUT2D eigenvalue weighted by molar-refractivity contribution is 0.0992. The summed E-state index contributed by atoms with van der Waals surface area (Å²) in [5.74, 6) is 0. The molecule has 0 aliphatic heterocycles. The van der Waals surface area contributed by atoms with Gasteiger partial charge in [-0.2, -0.15) is 0 Å². The molecule has 1 rings (SSSR count). The van der Waals surface area contributed by atoms with E-state index in [9.17, 15) is 0 Å². The van der Waals surface area contributed by atoms with E-state index in [4.69, 9.17) is 9.84 Å². The SMILES string of the molecule is OCCOCCNc1c(Br)cccc1Br. The van der Waals surface area contributed by atoms with E-state index < -0.39 is 0 Å². The Kier molecular flexibility index (Phi) is 6.24. The smallest absolute Gasteiger partial charge is 0.0698 e. The number of hydrogen-bond acceptors (Lipinski definition) is 3. The van der Waals surface area contributed by atoms with Gasteiger partial charge < -0.3 is 15.2 Å². The normalized spacial score (nSPS) is 10.3. The van der Waals surface area contributed by atoms with E-state index in [1.807, 2.05) is 18.2 Å². The van der Waals surface area contributed by atoms with Crippen molar-refractivity contribution in [3.8, 4) is 0 Å². The van der Waals surface area contributed by atoms with Crippen LogP contribution in [0.15, 0.2) is 27.1 Å². The largest absolute Gasteiger partial charge is 0.394 e. The standard InChI is InChI=1S/C10H13Br2NO2/c11-8-2-1-3-9(12)10(8)13-4-6-15-7-5-14/h1-3,13-14H,4-7H2. The topological polar surface area (TPSA) is 41.5 Å². The summed E-state index contributed by atoms with van der Waals surface area (Å²) in [4.78, 5) is 0. The number of aliphatic hydroxyl groups is 1. The summed E-state index contributed by atoms with van der Waals surface area (Å²) in [5.41, 5.74) is 1.02. The molecular formula is C10H13Br2NO2. The molecule has 0 fully saturated rings. The lowest BCUT2D eigenvalue weighted by Crippen LogP contribution is -2.11. The van der Waals surface area contributed by atoms with Crippen molar-refractivity contribution in [1.82, 2.24) is 0 Å². The molecule has 0 heterocycles. The molecule has 0 spiro atoms. The molecule has 0 aromatic heterocycles. The minimum absolute atomic E-state index is 0.0682. The first-order valence-electron chi connectivity index (χ1n) is 4.62. The van der Waals surface area contributed by atoms with Crippen LogP contribution in [0.3, 0.4) is 0 Å². The molecule has 84 valence electrons. The van der Waals surface area contributed by atoms with Crippen LogP contribution in [0.5, 0.6) is 0 Å². The summed E-state index contributed by atoms with van der Waals surface area (Å²) in [6.07, 6.45) is 0. The number of ether oxygens (including phenoxy) is 1. The fraction of sp³-hybridized carbons (Fsp3) is 0.400. The number of benzene rings is 1. The van der Waals surface area contributed by atoms with Gasteiger partial charge in [-0.05, 0) is 44.0 Å². The van der Waals surface area contributed by atoms with Crippen molar-refractivity contribution in [1.29, 1.82) is 0 Å². The maximum absolute atomic E-state index is 8.51. The Bertz CT molecular complexity index is 287. The molecule has 2 N–H and O–H groups in total. The van der Waals surface area contributed by atoms with Crippen LogP contribution in [-0.2, 0) is 4.74 Å². The number of rotatable bonds is 6. The van der Waals surface area contributed by atoms with Gasteiger partial charge in [0, 0.05) is 15.5 Å². The van der Waals surface area contributed by atoms with Gasteiger partial charge in [0.15, 0.2) is 0 Å². The van der Waals surface area contributed by atoms with Crippen LogP contribution in [0.2, 0.25) is 0 Å². The molecule has 0 amide bonds. The second-order valence-corrected chi connectivity index (χ2v) is 4.57. The summed E-state index contributed by atoms with van der Waals surface area (Å²) in [7, 11) is 0. The molecule has 0 unspecified atom stereocenters. The zero-order valence-corrected chi connectivity index (χ0v) is 11.3. The van der Waals surface area contributed by atoms with Crippen molar-refractivity contribution in [3.05, 3.63) is 27.1 Å². The first-order valence-corrected chi connectivity index (χ1v) is 6.21. The molecule has 0 aliphatic carbocycles. The van der Waals surface area contributed by atoms with Crippen LogP contribution in [0.4, 0.5) is 5.69 Å². The van der Waals surface area contributed by atoms with Crippen molar-refractivity contribution >= 4 is 37.5 Å². The molecular weight excluding hydrogens is 326 g/mol. The molecule has 3 nitrogen and oxygen atoms in total. The highest BCUT2D eigenvalue weighted by atomic mass is 79.9. The van der Waals surface area contributed by atoms with Crippen LogP contribution < -0.4 is 5.32 Å². The van der Waals surface area contributed by atoms with Crippen LogP contribution in [-0.4, -0.2) is 31.5 Å². The van der Waals surface area contributed by atoms with Crippen LogP contribution in [0.1, 0.15) is 0 Å². The third-order valence-electron chi connectivity index (χ3n) is 1.75. The second kappa shape index (κ2) is 7.22. The Balaban J connectivity index is 2.37. The first kappa shape index (κ1) is 13.0. The number of halogens is 2. The summed E-state index contributed by atoms with van der Waals surface area (Å²) in [6, 6.07) is 5.91. The van der Waals surface area contributed by atoms with Gasteiger partial charge in [0.1, 0.15) is 0 Å². The Morgan fingerprint density at radius 1 is 1.20 bits per heavy atom. The van der Waals surface area contributed by atoms with Gasteiger partial charge in [0.2, 0.25) is 0 Å². The molecule has 5 heteroatoms. The van der Waals surface area contributed by atoms with Crippen LogP contribution >= 0.6 is 31.9 Å². The molecule has 1 aromatic carbocycles. The van der Waals surface area contributed by atoms with Gasteiger partial charge in [0.05, 0.1) is 25.5 Å². The van der Waals surface area contributed by atoms with Gasteiger partial charge in [-0.15, -0.1) is 0 Å². The van der Waals surface area contributed by atoms with E-state index in [1.165, 1.54) is 0 Å². The van der Waals surface area contributed by atoms with E-state index in [1.54, 1.807) is 0 Å². The third kappa shape index (κ3) is 4.51. The zero-order valence-electron chi connectivity index (χ0n) is 8.17. The number of para-hydroxylation sites is 1. The van der Waals surface area contributed by atoms with E-state index >= 15 is 0 Å². The van der Waals surface area contributed by atoms with Crippen molar-refractivity contribution in [2.45, 2.75) is 0 Å². The van der Waals surface area contributed by atoms with Gasteiger partial charge in [0.25, 0.3) is 0 Å². The highest BCUT2D eigenvalue weighted by Gasteiger charge is 2.02. The number of hydrogen-bond donors (Lipinski definition) is 2. The molecule has 0 saturated heterocycles. The average molecular weight is 339 g/mol. The van der Waals surface area contributed by atoms with Crippen molar-refractivity contribution in [2.75, 3.05) is 31.7 Å². The minimum atomic E-state index is 0.0682. The lowest BCUT2D eigenvalue weighted by atomic mass is 10.3. The molecule has 0 saturated carbocycles. The quantitative estimate of drug-likeness (QED) is 0.783.